The number of likely N-dealkylation sites (N-methyl/N-ethyl adjacent to an activating group) is 1. The second-order valence-electron chi connectivity index (χ2n) is 4.58. The highest BCUT2D eigenvalue weighted by atomic mass is 16.5. The molecule has 0 radical (unpaired) electrons. The molecule has 0 aromatic carbocycles. The number of hydrogen-bond acceptors (Lipinski definition) is 2. The summed E-state index contributed by atoms with van der Waals surface area (Å²) < 4.78 is 5.64. The Labute approximate surface area is 86.7 Å². The topological polar surface area (TPSA) is 21.3 Å². The fraction of sp³-hybridized carbons (Fsp3) is 0.833. The van der Waals surface area contributed by atoms with Crippen LogP contribution in [0.4, 0.5) is 0 Å². The van der Waals surface area contributed by atoms with E-state index in [9.17, 15) is 0 Å². The van der Waals surface area contributed by atoms with Crippen molar-refractivity contribution in [1.29, 1.82) is 0 Å². The number of rotatable bonds is 3. The van der Waals surface area contributed by atoms with Gasteiger partial charge in [-0.1, -0.05) is 11.6 Å². The van der Waals surface area contributed by atoms with Crippen LogP contribution >= 0.6 is 0 Å². The summed E-state index contributed by atoms with van der Waals surface area (Å²) in [6.07, 6.45) is 7.99. The van der Waals surface area contributed by atoms with Crippen molar-refractivity contribution in [2.24, 2.45) is 5.92 Å². The van der Waals surface area contributed by atoms with Crippen LogP contribution in [0.3, 0.4) is 0 Å². The van der Waals surface area contributed by atoms with Crippen LogP contribution in [-0.4, -0.2) is 25.8 Å². The summed E-state index contributed by atoms with van der Waals surface area (Å²) in [6, 6.07) is 0.572. The number of hydrogen-bond donors (Lipinski definition) is 1. The molecule has 0 saturated carbocycles. The Balaban J connectivity index is 1.98. The third kappa shape index (κ3) is 2.01. The SMILES string of the molecule is CNC(C1=CCCC1)C1COC(C)C1. The smallest absolute Gasteiger partial charge is 0.0551 e. The molecule has 1 heterocycles. The van der Waals surface area contributed by atoms with Crippen LogP contribution in [0.1, 0.15) is 32.6 Å². The lowest BCUT2D eigenvalue weighted by Gasteiger charge is -2.23. The summed E-state index contributed by atoms with van der Waals surface area (Å²) >= 11 is 0. The van der Waals surface area contributed by atoms with Crippen LogP contribution in [0.2, 0.25) is 0 Å². The van der Waals surface area contributed by atoms with Gasteiger partial charge in [-0.15, -0.1) is 0 Å². The standard InChI is InChI=1S/C12H21NO/c1-9-7-11(8-14-9)12(13-2)10-5-3-4-6-10/h5,9,11-13H,3-4,6-8H2,1-2H3. The maximum Gasteiger partial charge on any atom is 0.0551 e. The predicted molar refractivity (Wildman–Crippen MR) is 58.3 cm³/mol. The normalized spacial score (nSPS) is 34.6. The highest BCUT2D eigenvalue weighted by Crippen LogP contribution is 2.30. The molecule has 1 saturated heterocycles. The fourth-order valence-corrected chi connectivity index (χ4v) is 2.78. The van der Waals surface area contributed by atoms with E-state index >= 15 is 0 Å². The molecule has 3 unspecified atom stereocenters. The van der Waals surface area contributed by atoms with Crippen molar-refractivity contribution < 1.29 is 4.74 Å². The van der Waals surface area contributed by atoms with Gasteiger partial charge in [-0.25, -0.2) is 0 Å². The van der Waals surface area contributed by atoms with Gasteiger partial charge in [0.25, 0.3) is 0 Å². The van der Waals surface area contributed by atoms with Crippen molar-refractivity contribution in [1.82, 2.24) is 5.32 Å². The Hall–Kier alpha value is -0.340. The minimum atomic E-state index is 0.456. The minimum Gasteiger partial charge on any atom is -0.378 e. The number of ether oxygens (including phenoxy) is 1. The van der Waals surface area contributed by atoms with Crippen molar-refractivity contribution in [3.8, 4) is 0 Å². The van der Waals surface area contributed by atoms with E-state index in [1.807, 2.05) is 0 Å². The second-order valence-corrected chi connectivity index (χ2v) is 4.58. The molecule has 3 atom stereocenters. The van der Waals surface area contributed by atoms with Gasteiger partial charge in [0.1, 0.15) is 0 Å². The van der Waals surface area contributed by atoms with Gasteiger partial charge in [0, 0.05) is 12.0 Å². The van der Waals surface area contributed by atoms with Crippen molar-refractivity contribution in [2.75, 3.05) is 13.7 Å². The Morgan fingerprint density at radius 1 is 1.57 bits per heavy atom. The first-order valence-electron chi connectivity index (χ1n) is 5.79. The predicted octanol–water partition coefficient (Wildman–Crippen LogP) is 2.11. The van der Waals surface area contributed by atoms with E-state index in [1.54, 1.807) is 5.57 Å². The lowest BCUT2D eigenvalue weighted by atomic mass is 9.90. The third-order valence-corrected chi connectivity index (χ3v) is 3.49. The molecule has 1 aliphatic carbocycles. The first-order valence-corrected chi connectivity index (χ1v) is 5.79. The average molecular weight is 195 g/mol. The van der Waals surface area contributed by atoms with Gasteiger partial charge in [0.2, 0.25) is 0 Å². The molecule has 0 spiro atoms. The molecule has 14 heavy (non-hydrogen) atoms. The van der Waals surface area contributed by atoms with E-state index in [1.165, 1.54) is 25.7 Å². The number of nitrogens with one attached hydrogen (secondary N) is 1. The van der Waals surface area contributed by atoms with Gasteiger partial charge >= 0.3 is 0 Å². The maximum absolute atomic E-state index is 5.64. The quantitative estimate of drug-likeness (QED) is 0.696. The minimum absolute atomic E-state index is 0.456. The molecule has 2 rings (SSSR count). The Bertz CT molecular complexity index is 224. The van der Waals surface area contributed by atoms with Crippen molar-refractivity contribution in [2.45, 2.75) is 44.8 Å². The summed E-state index contributed by atoms with van der Waals surface area (Å²) in [6.45, 7) is 3.11. The molecule has 0 aromatic heterocycles. The molecule has 0 bridgehead atoms. The fourth-order valence-electron chi connectivity index (χ4n) is 2.78. The van der Waals surface area contributed by atoms with Crippen LogP contribution < -0.4 is 5.32 Å². The van der Waals surface area contributed by atoms with E-state index < -0.39 is 0 Å². The van der Waals surface area contributed by atoms with Crippen LogP contribution in [0.15, 0.2) is 11.6 Å². The molecule has 0 amide bonds. The largest absolute Gasteiger partial charge is 0.378 e. The Kier molecular flexibility index (Phi) is 3.24. The van der Waals surface area contributed by atoms with Crippen molar-refractivity contribution in [3.63, 3.8) is 0 Å². The monoisotopic (exact) mass is 195 g/mol. The zero-order valence-corrected chi connectivity index (χ0v) is 9.25. The highest BCUT2D eigenvalue weighted by molar-refractivity contribution is 5.17. The molecular formula is C12H21NO. The molecule has 2 aliphatic rings. The zero-order chi connectivity index (χ0) is 9.97. The molecular weight excluding hydrogens is 174 g/mol. The van der Waals surface area contributed by atoms with Crippen LogP contribution in [0.25, 0.3) is 0 Å². The van der Waals surface area contributed by atoms with Gasteiger partial charge in [0.05, 0.1) is 12.7 Å². The van der Waals surface area contributed by atoms with Crippen molar-refractivity contribution in [3.05, 3.63) is 11.6 Å². The molecule has 1 N–H and O–H groups in total. The molecule has 1 fully saturated rings. The van der Waals surface area contributed by atoms with E-state index in [0.717, 1.165) is 6.61 Å². The van der Waals surface area contributed by atoms with E-state index in [2.05, 4.69) is 25.4 Å². The highest BCUT2D eigenvalue weighted by Gasteiger charge is 2.31. The number of allylic oxidation sites excluding steroid dienone is 1. The molecule has 2 nitrogen and oxygen atoms in total. The van der Waals surface area contributed by atoms with Gasteiger partial charge in [-0.05, 0) is 39.7 Å². The molecule has 1 aliphatic heterocycles. The molecule has 2 heteroatoms. The van der Waals surface area contributed by atoms with E-state index in [4.69, 9.17) is 4.74 Å². The lowest BCUT2D eigenvalue weighted by molar-refractivity contribution is 0.118. The summed E-state index contributed by atoms with van der Waals surface area (Å²) in [4.78, 5) is 0. The summed E-state index contributed by atoms with van der Waals surface area (Å²) in [7, 11) is 2.08. The Morgan fingerprint density at radius 3 is 2.93 bits per heavy atom. The maximum atomic E-state index is 5.64. The first-order chi connectivity index (χ1) is 6.81. The van der Waals surface area contributed by atoms with Crippen LogP contribution in [-0.2, 0) is 4.74 Å². The van der Waals surface area contributed by atoms with E-state index in [0.29, 0.717) is 18.1 Å². The summed E-state index contributed by atoms with van der Waals surface area (Å²) in [5.74, 6) is 0.694. The van der Waals surface area contributed by atoms with Gasteiger partial charge < -0.3 is 10.1 Å². The summed E-state index contributed by atoms with van der Waals surface area (Å²) in [5.41, 5.74) is 1.62. The summed E-state index contributed by atoms with van der Waals surface area (Å²) in [5, 5.41) is 3.46. The third-order valence-electron chi connectivity index (χ3n) is 3.49. The zero-order valence-electron chi connectivity index (χ0n) is 9.25. The molecule has 0 aromatic rings. The van der Waals surface area contributed by atoms with E-state index in [-0.39, 0.29) is 0 Å². The van der Waals surface area contributed by atoms with Crippen LogP contribution in [0, 0.1) is 5.92 Å². The molecule has 80 valence electrons. The van der Waals surface area contributed by atoms with Crippen molar-refractivity contribution >= 4 is 0 Å². The Morgan fingerprint density at radius 2 is 2.43 bits per heavy atom. The van der Waals surface area contributed by atoms with Crippen LogP contribution in [0.5, 0.6) is 0 Å². The lowest BCUT2D eigenvalue weighted by Crippen LogP contribution is -2.35. The average Bonchev–Trinajstić information content (AvgIpc) is 2.79. The van der Waals surface area contributed by atoms with Gasteiger partial charge in [-0.3, -0.25) is 0 Å². The second kappa shape index (κ2) is 4.45. The first kappa shape index (κ1) is 10.2. The van der Waals surface area contributed by atoms with Gasteiger partial charge in [-0.2, -0.15) is 0 Å². The van der Waals surface area contributed by atoms with Gasteiger partial charge in [0.15, 0.2) is 0 Å².